The fourth-order valence-corrected chi connectivity index (χ4v) is 3.82. The number of halogens is 1. The summed E-state index contributed by atoms with van der Waals surface area (Å²) in [6.07, 6.45) is 1.61. The molecule has 9 nitrogen and oxygen atoms in total. The molecule has 10 heteroatoms. The molecule has 2 aromatic carbocycles. The number of anilines is 1. The van der Waals surface area contributed by atoms with E-state index in [1.54, 1.807) is 36.4 Å². The second kappa shape index (κ2) is 11.5. The molecular weight excluding hydrogens is 494 g/mol. The van der Waals surface area contributed by atoms with Crippen LogP contribution in [0.4, 0.5) is 5.82 Å². The highest BCUT2D eigenvalue weighted by Gasteiger charge is 2.22. The van der Waals surface area contributed by atoms with Crippen molar-refractivity contribution < 1.29 is 19.4 Å². The molecule has 1 atom stereocenters. The molecule has 4 rings (SSSR count). The summed E-state index contributed by atoms with van der Waals surface area (Å²) < 4.78 is 11.3. The summed E-state index contributed by atoms with van der Waals surface area (Å²) in [4.78, 5) is 8.55. The van der Waals surface area contributed by atoms with Crippen LogP contribution in [0.2, 0.25) is 5.02 Å². The van der Waals surface area contributed by atoms with Crippen molar-refractivity contribution in [2.75, 3.05) is 12.3 Å². The largest absolute Gasteiger partial charge is 0.470 e. The predicted octanol–water partition coefficient (Wildman–Crippen LogP) is 4.25. The summed E-state index contributed by atoms with van der Waals surface area (Å²) >= 11 is 5.93. The zero-order valence-electron chi connectivity index (χ0n) is 19.6. The Hall–Kier alpha value is -4.41. The van der Waals surface area contributed by atoms with Crippen LogP contribution in [0.1, 0.15) is 28.8 Å². The molecule has 0 aliphatic heterocycles. The average molecular weight is 516 g/mol. The lowest BCUT2D eigenvalue weighted by Gasteiger charge is -2.14. The molecule has 0 aliphatic carbocycles. The van der Waals surface area contributed by atoms with Crippen LogP contribution >= 0.6 is 11.6 Å². The van der Waals surface area contributed by atoms with Gasteiger partial charge >= 0.3 is 0 Å². The molecule has 0 spiro atoms. The molecule has 2 heterocycles. The number of nitriles is 2. The van der Waals surface area contributed by atoms with E-state index in [9.17, 15) is 15.6 Å². The molecule has 0 saturated heterocycles. The number of aryl methyl sites for hydroxylation is 1. The molecule has 186 valence electrons. The van der Waals surface area contributed by atoms with Crippen molar-refractivity contribution >= 4 is 17.4 Å². The number of rotatable bonds is 9. The zero-order valence-corrected chi connectivity index (χ0v) is 20.3. The van der Waals surface area contributed by atoms with E-state index in [2.05, 4.69) is 16.0 Å². The number of hydrogen-bond donors (Lipinski definition) is 3. The monoisotopic (exact) mass is 515 g/mol. The number of hydrogen-bond acceptors (Lipinski definition) is 9. The van der Waals surface area contributed by atoms with Crippen LogP contribution in [0, 0.1) is 22.7 Å². The molecule has 0 amide bonds. The summed E-state index contributed by atoms with van der Waals surface area (Å²) in [7, 11) is 0. The molecule has 4 aromatic rings. The average Bonchev–Trinajstić information content (AvgIpc) is 3.39. The fourth-order valence-electron chi connectivity index (χ4n) is 3.69. The van der Waals surface area contributed by atoms with Crippen LogP contribution < -0.4 is 10.5 Å². The number of benzene rings is 2. The molecule has 0 fully saturated rings. The molecule has 0 bridgehead atoms. The van der Waals surface area contributed by atoms with Crippen LogP contribution in [-0.2, 0) is 13.0 Å². The summed E-state index contributed by atoms with van der Waals surface area (Å²) in [5, 5.41) is 38.9. The standard InChI is InChI=1S/C27H22ClN5O4/c28-19-8-6-18(7-9-19)26-32-20(14-36-26)15-37-27-23(12-30)24(22(11-29)25(31)33-27)17-4-1-16(2-5-17)3-10-21(35)13-34/h1-2,4-9,14,21,34-35H,3,10,13,15H2,(H2,31,33)/t21-/m0/s1. The molecule has 4 N–H and O–H groups in total. The second-order valence-corrected chi connectivity index (χ2v) is 8.60. The minimum Gasteiger partial charge on any atom is -0.470 e. The normalized spacial score (nSPS) is 11.5. The van der Waals surface area contributed by atoms with Gasteiger partial charge in [-0.25, -0.2) is 4.98 Å². The molecule has 0 aliphatic rings. The maximum absolute atomic E-state index is 9.95. The Morgan fingerprint density at radius 2 is 1.68 bits per heavy atom. The summed E-state index contributed by atoms with van der Waals surface area (Å²) in [5.41, 5.74) is 9.23. The van der Waals surface area contributed by atoms with E-state index in [1.807, 2.05) is 18.2 Å². The van der Waals surface area contributed by atoms with E-state index in [0.29, 0.717) is 40.6 Å². The van der Waals surface area contributed by atoms with Crippen molar-refractivity contribution in [3.05, 3.63) is 82.2 Å². The van der Waals surface area contributed by atoms with E-state index in [0.717, 1.165) is 11.1 Å². The number of pyridine rings is 1. The van der Waals surface area contributed by atoms with Gasteiger partial charge in [-0.2, -0.15) is 15.5 Å². The van der Waals surface area contributed by atoms with E-state index in [4.69, 9.17) is 31.6 Å². The SMILES string of the molecule is N#Cc1c(N)nc(OCc2coc(-c3ccc(Cl)cc3)n2)c(C#N)c1-c1ccc(CC[C@H](O)CO)cc1. The van der Waals surface area contributed by atoms with Gasteiger partial charge in [0, 0.05) is 16.1 Å². The van der Waals surface area contributed by atoms with Gasteiger partial charge in [0.25, 0.3) is 0 Å². The van der Waals surface area contributed by atoms with Crippen LogP contribution in [0.5, 0.6) is 5.88 Å². The molecule has 0 unspecified atom stereocenters. The number of nitrogens with zero attached hydrogens (tertiary/aromatic N) is 4. The van der Waals surface area contributed by atoms with Crippen LogP contribution in [0.3, 0.4) is 0 Å². The quantitative estimate of drug-likeness (QED) is 0.295. The van der Waals surface area contributed by atoms with Crippen LogP contribution in [0.25, 0.3) is 22.6 Å². The lowest BCUT2D eigenvalue weighted by Crippen LogP contribution is -2.12. The van der Waals surface area contributed by atoms with Crippen molar-refractivity contribution in [3.8, 4) is 40.6 Å². The van der Waals surface area contributed by atoms with Gasteiger partial charge in [0.2, 0.25) is 11.8 Å². The molecule has 2 aromatic heterocycles. The summed E-state index contributed by atoms with van der Waals surface area (Å²) in [6.45, 7) is -0.347. The number of nitrogen functional groups attached to an aromatic ring is 1. The topological polar surface area (TPSA) is 162 Å². The van der Waals surface area contributed by atoms with Crippen LogP contribution in [0.15, 0.2) is 59.2 Å². The highest BCUT2D eigenvalue weighted by Crippen LogP contribution is 2.35. The maximum atomic E-state index is 9.95. The Bertz CT molecular complexity index is 1470. The first kappa shape index (κ1) is 25.7. The van der Waals surface area contributed by atoms with Gasteiger partial charge in [-0.3, -0.25) is 0 Å². The third-order valence-corrected chi connectivity index (χ3v) is 5.89. The van der Waals surface area contributed by atoms with Gasteiger partial charge < -0.3 is 25.1 Å². The lowest BCUT2D eigenvalue weighted by molar-refractivity contribution is 0.0886. The number of ether oxygens (including phenoxy) is 1. The van der Waals surface area contributed by atoms with Crippen molar-refractivity contribution in [2.24, 2.45) is 0 Å². The Morgan fingerprint density at radius 1 is 1.00 bits per heavy atom. The van der Waals surface area contributed by atoms with Gasteiger partial charge in [-0.1, -0.05) is 35.9 Å². The van der Waals surface area contributed by atoms with E-state index in [-0.39, 0.29) is 36.0 Å². The third-order valence-electron chi connectivity index (χ3n) is 5.63. The minimum absolute atomic E-state index is 0.0276. The molecule has 37 heavy (non-hydrogen) atoms. The van der Waals surface area contributed by atoms with E-state index >= 15 is 0 Å². The van der Waals surface area contributed by atoms with Gasteiger partial charge in [0.1, 0.15) is 47.6 Å². The Kier molecular flexibility index (Phi) is 8.02. The van der Waals surface area contributed by atoms with E-state index < -0.39 is 6.10 Å². The Balaban J connectivity index is 1.60. The van der Waals surface area contributed by atoms with Crippen molar-refractivity contribution in [1.82, 2.24) is 9.97 Å². The fraction of sp³-hybridized carbons (Fsp3) is 0.185. The lowest BCUT2D eigenvalue weighted by atomic mass is 9.95. The second-order valence-electron chi connectivity index (χ2n) is 8.16. The van der Waals surface area contributed by atoms with Gasteiger partial charge in [-0.15, -0.1) is 0 Å². The van der Waals surface area contributed by atoms with Crippen molar-refractivity contribution in [1.29, 1.82) is 10.5 Å². The number of nitrogens with two attached hydrogens (primary N) is 1. The third kappa shape index (κ3) is 5.88. The summed E-state index contributed by atoms with van der Waals surface area (Å²) in [6, 6.07) is 18.3. The molecular formula is C27H22ClN5O4. The Labute approximate surface area is 218 Å². The molecule has 0 radical (unpaired) electrons. The summed E-state index contributed by atoms with van der Waals surface area (Å²) in [5.74, 6) is 0.291. The first-order valence-electron chi connectivity index (χ1n) is 11.3. The molecule has 0 saturated carbocycles. The number of oxazole rings is 1. The van der Waals surface area contributed by atoms with Gasteiger partial charge in [-0.05, 0) is 48.2 Å². The van der Waals surface area contributed by atoms with Crippen LogP contribution in [-0.4, -0.2) is 32.9 Å². The number of aromatic nitrogens is 2. The van der Waals surface area contributed by atoms with Crippen molar-refractivity contribution in [3.63, 3.8) is 0 Å². The van der Waals surface area contributed by atoms with Gasteiger partial charge in [0.05, 0.1) is 12.7 Å². The highest BCUT2D eigenvalue weighted by molar-refractivity contribution is 6.30. The van der Waals surface area contributed by atoms with Gasteiger partial charge in [0.15, 0.2) is 0 Å². The Morgan fingerprint density at radius 3 is 2.32 bits per heavy atom. The smallest absolute Gasteiger partial charge is 0.234 e. The zero-order chi connectivity index (χ0) is 26.4. The predicted molar refractivity (Wildman–Crippen MR) is 136 cm³/mol. The first-order chi connectivity index (χ1) is 17.9. The minimum atomic E-state index is -0.790. The maximum Gasteiger partial charge on any atom is 0.234 e. The number of aliphatic hydroxyl groups is 2. The highest BCUT2D eigenvalue weighted by atomic mass is 35.5. The first-order valence-corrected chi connectivity index (χ1v) is 11.7. The number of aliphatic hydroxyl groups excluding tert-OH is 2. The van der Waals surface area contributed by atoms with E-state index in [1.165, 1.54) is 6.26 Å². The van der Waals surface area contributed by atoms with Crippen molar-refractivity contribution in [2.45, 2.75) is 25.6 Å².